The summed E-state index contributed by atoms with van der Waals surface area (Å²) in [6.45, 7) is 2.36. The molecule has 5 nitrogen and oxygen atoms in total. The number of aryl methyl sites for hydroxylation is 1. The highest BCUT2D eigenvalue weighted by atomic mass is 32.2. The van der Waals surface area contributed by atoms with E-state index in [4.69, 9.17) is 4.74 Å². The molecular formula is C20H22FNO4S. The van der Waals surface area contributed by atoms with Crippen LogP contribution in [0.1, 0.15) is 40.4 Å². The van der Waals surface area contributed by atoms with E-state index in [0.717, 1.165) is 24.7 Å². The first-order valence-corrected chi connectivity index (χ1v) is 10.6. The van der Waals surface area contributed by atoms with E-state index in [1.165, 1.54) is 24.3 Å². The molecule has 0 bridgehead atoms. The van der Waals surface area contributed by atoms with Crippen LogP contribution in [0.15, 0.2) is 47.4 Å². The van der Waals surface area contributed by atoms with Crippen LogP contribution in [0.2, 0.25) is 0 Å². The van der Waals surface area contributed by atoms with Crippen LogP contribution in [0.3, 0.4) is 0 Å². The maximum absolute atomic E-state index is 13.3. The van der Waals surface area contributed by atoms with Crippen molar-refractivity contribution in [1.29, 1.82) is 0 Å². The molecule has 27 heavy (non-hydrogen) atoms. The van der Waals surface area contributed by atoms with E-state index in [-0.39, 0.29) is 22.7 Å². The van der Waals surface area contributed by atoms with Crippen molar-refractivity contribution in [3.8, 4) is 0 Å². The average Bonchev–Trinajstić information content (AvgIpc) is 3.14. The Morgan fingerprint density at radius 1 is 1.22 bits per heavy atom. The Hall–Kier alpha value is -2.25. The fourth-order valence-corrected chi connectivity index (χ4v) is 3.87. The van der Waals surface area contributed by atoms with Gasteiger partial charge in [-0.2, -0.15) is 0 Å². The minimum atomic E-state index is -3.42. The van der Waals surface area contributed by atoms with E-state index < -0.39 is 15.9 Å². The number of carbonyl (C=O) groups excluding carboxylic acids is 1. The summed E-state index contributed by atoms with van der Waals surface area (Å²) in [6.07, 6.45) is 2.57. The number of carbonyl (C=O) groups is 1. The summed E-state index contributed by atoms with van der Waals surface area (Å²) in [4.78, 5) is 13.0. The molecule has 1 fully saturated rings. The lowest BCUT2D eigenvalue weighted by atomic mass is 9.98. The fourth-order valence-electron chi connectivity index (χ4n) is 3.22. The Kier molecular flexibility index (Phi) is 5.62. The smallest absolute Gasteiger partial charge is 0.252 e. The van der Waals surface area contributed by atoms with Crippen molar-refractivity contribution in [2.45, 2.75) is 36.8 Å². The van der Waals surface area contributed by atoms with Crippen molar-refractivity contribution < 1.29 is 22.3 Å². The largest absolute Gasteiger partial charge is 0.376 e. The number of hydrogen-bond donors (Lipinski definition) is 1. The van der Waals surface area contributed by atoms with Gasteiger partial charge in [-0.1, -0.05) is 18.2 Å². The third-order valence-corrected chi connectivity index (χ3v) is 5.84. The summed E-state index contributed by atoms with van der Waals surface area (Å²) in [5, 5.41) is 2.95. The van der Waals surface area contributed by atoms with Crippen LogP contribution < -0.4 is 5.32 Å². The Morgan fingerprint density at radius 2 is 1.93 bits per heavy atom. The van der Waals surface area contributed by atoms with Gasteiger partial charge in [-0.15, -0.1) is 0 Å². The van der Waals surface area contributed by atoms with Crippen molar-refractivity contribution in [3.63, 3.8) is 0 Å². The number of rotatable bonds is 5. The van der Waals surface area contributed by atoms with Gasteiger partial charge in [0, 0.05) is 18.4 Å². The van der Waals surface area contributed by atoms with E-state index in [1.807, 2.05) is 0 Å². The molecule has 144 valence electrons. The number of halogens is 1. The minimum absolute atomic E-state index is 0.0914. The summed E-state index contributed by atoms with van der Waals surface area (Å²) >= 11 is 0. The van der Waals surface area contributed by atoms with Crippen LogP contribution >= 0.6 is 0 Å². The van der Waals surface area contributed by atoms with Crippen molar-refractivity contribution >= 4 is 15.7 Å². The lowest BCUT2D eigenvalue weighted by molar-refractivity contribution is 0.0672. The monoisotopic (exact) mass is 391 g/mol. The summed E-state index contributed by atoms with van der Waals surface area (Å²) in [6, 6.07) is 9.99. The predicted octanol–water partition coefficient (Wildman–Crippen LogP) is 3.19. The van der Waals surface area contributed by atoms with Gasteiger partial charge in [-0.05, 0) is 55.2 Å². The predicted molar refractivity (Wildman–Crippen MR) is 99.9 cm³/mol. The molecule has 2 aromatic rings. The Bertz CT molecular complexity index is 935. The second kappa shape index (κ2) is 7.78. The second-order valence-corrected chi connectivity index (χ2v) is 8.82. The minimum Gasteiger partial charge on any atom is -0.376 e. The van der Waals surface area contributed by atoms with Crippen molar-refractivity contribution in [2.24, 2.45) is 0 Å². The number of nitrogens with one attached hydrogen (secondary N) is 1. The Balaban J connectivity index is 1.92. The molecule has 1 N–H and O–H groups in total. The highest BCUT2D eigenvalue weighted by Crippen LogP contribution is 2.28. The molecule has 7 heteroatoms. The summed E-state index contributed by atoms with van der Waals surface area (Å²) < 4.78 is 42.7. The zero-order valence-corrected chi connectivity index (χ0v) is 16.1. The quantitative estimate of drug-likeness (QED) is 0.850. The van der Waals surface area contributed by atoms with Crippen LogP contribution in [-0.4, -0.2) is 33.3 Å². The molecule has 1 heterocycles. The third kappa shape index (κ3) is 4.54. The fraction of sp³-hybridized carbons (Fsp3) is 0.350. The Labute approximate surface area is 158 Å². The number of ether oxygens (including phenoxy) is 1. The normalized spacial score (nSPS) is 18.3. The lowest BCUT2D eigenvalue weighted by Crippen LogP contribution is -2.36. The first kappa shape index (κ1) is 19.5. The molecule has 1 saturated heterocycles. The van der Waals surface area contributed by atoms with Gasteiger partial charge in [0.05, 0.1) is 17.0 Å². The zero-order valence-electron chi connectivity index (χ0n) is 15.2. The van der Waals surface area contributed by atoms with Gasteiger partial charge in [-0.3, -0.25) is 4.79 Å². The van der Waals surface area contributed by atoms with Crippen LogP contribution in [0.5, 0.6) is 0 Å². The van der Waals surface area contributed by atoms with Crippen LogP contribution in [-0.2, 0) is 14.6 Å². The molecule has 2 atom stereocenters. The molecule has 2 aromatic carbocycles. The second-order valence-electron chi connectivity index (χ2n) is 6.80. The van der Waals surface area contributed by atoms with Gasteiger partial charge in [0.2, 0.25) is 0 Å². The number of amides is 1. The van der Waals surface area contributed by atoms with Crippen molar-refractivity contribution in [2.75, 3.05) is 12.9 Å². The molecular weight excluding hydrogens is 369 g/mol. The first-order chi connectivity index (χ1) is 12.8. The molecule has 0 aliphatic carbocycles. The van der Waals surface area contributed by atoms with E-state index >= 15 is 0 Å². The molecule has 1 amide bonds. The van der Waals surface area contributed by atoms with Gasteiger partial charge in [0.1, 0.15) is 5.82 Å². The van der Waals surface area contributed by atoms with E-state index in [0.29, 0.717) is 17.7 Å². The number of hydrogen-bond acceptors (Lipinski definition) is 4. The lowest BCUT2D eigenvalue weighted by Gasteiger charge is -2.25. The molecule has 0 saturated carbocycles. The molecule has 2 unspecified atom stereocenters. The third-order valence-electron chi connectivity index (χ3n) is 4.73. The molecule has 3 rings (SSSR count). The molecule has 0 radical (unpaired) electrons. The molecule has 0 spiro atoms. The number of sulfone groups is 1. The van der Waals surface area contributed by atoms with Gasteiger partial charge in [0.15, 0.2) is 9.84 Å². The van der Waals surface area contributed by atoms with E-state index in [1.54, 1.807) is 25.1 Å². The van der Waals surface area contributed by atoms with E-state index in [2.05, 4.69) is 5.32 Å². The molecule has 1 aliphatic rings. The SMILES string of the molecule is Cc1ccc(S(C)(=O)=O)cc1C(=O)NC(c1ccc(F)cc1)C1CCCO1. The van der Waals surface area contributed by atoms with E-state index in [9.17, 15) is 17.6 Å². The van der Waals surface area contributed by atoms with Crippen molar-refractivity contribution in [1.82, 2.24) is 5.32 Å². The van der Waals surface area contributed by atoms with Gasteiger partial charge < -0.3 is 10.1 Å². The standard InChI is InChI=1S/C20H22FNO4S/c1-13-5-10-16(27(2,24)25)12-17(13)20(23)22-19(18-4-3-11-26-18)14-6-8-15(21)9-7-14/h5-10,12,18-19H,3-4,11H2,1-2H3,(H,22,23). The number of benzene rings is 2. The van der Waals surface area contributed by atoms with Crippen LogP contribution in [0, 0.1) is 12.7 Å². The maximum Gasteiger partial charge on any atom is 0.252 e. The highest BCUT2D eigenvalue weighted by molar-refractivity contribution is 7.90. The highest BCUT2D eigenvalue weighted by Gasteiger charge is 2.29. The van der Waals surface area contributed by atoms with Crippen LogP contribution in [0.4, 0.5) is 4.39 Å². The van der Waals surface area contributed by atoms with Crippen LogP contribution in [0.25, 0.3) is 0 Å². The maximum atomic E-state index is 13.3. The summed E-state index contributed by atoms with van der Waals surface area (Å²) in [5.41, 5.74) is 1.71. The topological polar surface area (TPSA) is 72.5 Å². The average molecular weight is 391 g/mol. The summed E-state index contributed by atoms with van der Waals surface area (Å²) in [7, 11) is -3.42. The zero-order chi connectivity index (χ0) is 19.6. The van der Waals surface area contributed by atoms with Gasteiger partial charge in [-0.25, -0.2) is 12.8 Å². The molecule has 1 aliphatic heterocycles. The summed E-state index contributed by atoms with van der Waals surface area (Å²) in [5.74, 6) is -0.740. The Morgan fingerprint density at radius 3 is 2.52 bits per heavy atom. The van der Waals surface area contributed by atoms with Gasteiger partial charge in [0.25, 0.3) is 5.91 Å². The van der Waals surface area contributed by atoms with Crippen molar-refractivity contribution in [3.05, 3.63) is 65.0 Å². The molecule has 0 aromatic heterocycles. The first-order valence-electron chi connectivity index (χ1n) is 8.74. The van der Waals surface area contributed by atoms with Gasteiger partial charge >= 0.3 is 0 Å².